The van der Waals surface area contributed by atoms with Gasteiger partial charge in [0.15, 0.2) is 11.5 Å². The molecule has 0 bridgehead atoms. The zero-order valence-corrected chi connectivity index (χ0v) is 19.7. The summed E-state index contributed by atoms with van der Waals surface area (Å²) >= 11 is 0. The minimum Gasteiger partial charge on any atom is -0.497 e. The lowest BCUT2D eigenvalue weighted by atomic mass is 10.2. The molecule has 3 aromatic carbocycles. The first-order valence-electron chi connectivity index (χ1n) is 11.5. The van der Waals surface area contributed by atoms with E-state index in [1.807, 2.05) is 24.3 Å². The molecule has 1 aliphatic rings. The van der Waals surface area contributed by atoms with Crippen LogP contribution in [0.5, 0.6) is 17.2 Å². The van der Waals surface area contributed by atoms with Crippen molar-refractivity contribution in [3.8, 4) is 17.2 Å². The van der Waals surface area contributed by atoms with Crippen molar-refractivity contribution >= 4 is 33.5 Å². The van der Waals surface area contributed by atoms with Gasteiger partial charge in [-0.05, 0) is 48.0 Å². The fourth-order valence-electron chi connectivity index (χ4n) is 4.50. The fourth-order valence-corrected chi connectivity index (χ4v) is 4.50. The molecule has 6 rings (SSSR count). The van der Waals surface area contributed by atoms with Crippen molar-refractivity contribution < 1.29 is 23.4 Å². The Bertz CT molecular complexity index is 1730. The molecule has 0 aliphatic carbocycles. The Hall–Kier alpha value is -4.86. The van der Waals surface area contributed by atoms with Crippen molar-refractivity contribution in [1.29, 1.82) is 0 Å². The maximum Gasteiger partial charge on any atom is 0.278 e. The molecule has 0 saturated heterocycles. The van der Waals surface area contributed by atoms with Gasteiger partial charge in [-0.1, -0.05) is 12.1 Å². The van der Waals surface area contributed by atoms with Crippen LogP contribution in [0.3, 0.4) is 0 Å². The first-order valence-corrected chi connectivity index (χ1v) is 11.5. The summed E-state index contributed by atoms with van der Waals surface area (Å²) in [6.07, 6.45) is 1.44. The number of hydrogen-bond acceptors (Lipinski definition) is 6. The molecule has 0 radical (unpaired) electrons. The van der Waals surface area contributed by atoms with Crippen molar-refractivity contribution in [2.75, 3.05) is 19.2 Å². The van der Waals surface area contributed by atoms with Gasteiger partial charge in [-0.15, -0.1) is 0 Å². The quantitative estimate of drug-likeness (QED) is 0.380. The van der Waals surface area contributed by atoms with E-state index in [4.69, 9.17) is 14.2 Å². The summed E-state index contributed by atoms with van der Waals surface area (Å²) in [4.78, 5) is 31.2. The largest absolute Gasteiger partial charge is 0.497 e. The number of rotatable bonds is 6. The average molecular weight is 500 g/mol. The number of carbonyl (C=O) groups is 1. The summed E-state index contributed by atoms with van der Waals surface area (Å²) in [5, 5.41) is 3.28. The van der Waals surface area contributed by atoms with Gasteiger partial charge in [-0.2, -0.15) is 0 Å². The maximum atomic E-state index is 14.1. The van der Waals surface area contributed by atoms with Crippen molar-refractivity contribution in [2.45, 2.75) is 13.1 Å². The molecular formula is C27H21FN4O5. The van der Waals surface area contributed by atoms with E-state index in [0.29, 0.717) is 39.4 Å². The van der Waals surface area contributed by atoms with Crippen molar-refractivity contribution in [3.05, 3.63) is 88.7 Å². The third-order valence-corrected chi connectivity index (χ3v) is 6.26. The lowest BCUT2D eigenvalue weighted by Gasteiger charge is -2.10. The number of nitrogens with one attached hydrogen (secondary N) is 1. The van der Waals surface area contributed by atoms with Crippen LogP contribution >= 0.6 is 0 Å². The van der Waals surface area contributed by atoms with E-state index in [2.05, 4.69) is 10.3 Å². The van der Waals surface area contributed by atoms with Crippen LogP contribution in [0.4, 0.5) is 10.1 Å². The van der Waals surface area contributed by atoms with E-state index in [9.17, 15) is 14.0 Å². The number of anilines is 1. The third-order valence-electron chi connectivity index (χ3n) is 6.26. The molecule has 10 heteroatoms. The van der Waals surface area contributed by atoms with Crippen molar-refractivity contribution in [2.24, 2.45) is 0 Å². The number of ether oxygens (including phenoxy) is 3. The molecule has 1 aliphatic heterocycles. The van der Waals surface area contributed by atoms with Gasteiger partial charge in [-0.25, -0.2) is 9.37 Å². The van der Waals surface area contributed by atoms with Crippen LogP contribution in [0, 0.1) is 5.82 Å². The summed E-state index contributed by atoms with van der Waals surface area (Å²) in [7, 11) is 1.59. The first-order chi connectivity index (χ1) is 18.0. The van der Waals surface area contributed by atoms with Crippen LogP contribution in [-0.2, 0) is 17.9 Å². The Morgan fingerprint density at radius 2 is 1.89 bits per heavy atom. The number of nitrogens with zero attached hydrogens (tertiary/aromatic N) is 3. The third kappa shape index (κ3) is 4.12. The summed E-state index contributed by atoms with van der Waals surface area (Å²) in [6, 6.07) is 16.6. The Kier molecular flexibility index (Phi) is 5.48. The summed E-state index contributed by atoms with van der Waals surface area (Å²) in [5.74, 6) is 1.02. The minimum atomic E-state index is -0.458. The molecule has 5 aromatic rings. The van der Waals surface area contributed by atoms with Gasteiger partial charge >= 0.3 is 0 Å². The number of methoxy groups -OCH3 is 1. The normalized spacial score (nSPS) is 12.3. The van der Waals surface area contributed by atoms with Gasteiger partial charge in [0.1, 0.15) is 29.1 Å². The van der Waals surface area contributed by atoms with Crippen LogP contribution in [0.1, 0.15) is 5.56 Å². The lowest BCUT2D eigenvalue weighted by Crippen LogP contribution is -2.25. The maximum absolute atomic E-state index is 14.1. The van der Waals surface area contributed by atoms with Crippen LogP contribution in [0.25, 0.3) is 21.9 Å². The standard InChI is InChI=1S/C27H21FN4O5/c1-35-19-6-2-16(3-7-19)12-31-14-29-25-20-10-17(28)4-8-21(20)32(26(25)27(31)34)13-24(33)30-18-5-9-22-23(11-18)37-15-36-22/h2-11,14H,12-13,15H2,1H3,(H,30,33). The zero-order valence-electron chi connectivity index (χ0n) is 19.7. The molecular weight excluding hydrogens is 479 g/mol. The van der Waals surface area contributed by atoms with E-state index in [0.717, 1.165) is 5.56 Å². The second-order valence-corrected chi connectivity index (χ2v) is 8.59. The highest BCUT2D eigenvalue weighted by Gasteiger charge is 2.20. The van der Waals surface area contributed by atoms with Crippen LogP contribution in [-0.4, -0.2) is 33.9 Å². The Labute approximate surface area is 209 Å². The van der Waals surface area contributed by atoms with Gasteiger partial charge in [0.05, 0.1) is 25.5 Å². The molecule has 0 spiro atoms. The first kappa shape index (κ1) is 22.6. The monoisotopic (exact) mass is 500 g/mol. The molecule has 1 N–H and O–H groups in total. The number of carbonyl (C=O) groups excluding carboxylic acids is 1. The molecule has 3 heterocycles. The number of halogens is 1. The molecule has 37 heavy (non-hydrogen) atoms. The number of fused-ring (bicyclic) bond motifs is 4. The van der Waals surface area contributed by atoms with E-state index in [-0.39, 0.29) is 36.9 Å². The van der Waals surface area contributed by atoms with E-state index < -0.39 is 5.82 Å². The van der Waals surface area contributed by atoms with Crippen molar-refractivity contribution in [1.82, 2.24) is 14.1 Å². The van der Waals surface area contributed by atoms with Gasteiger partial charge in [0.25, 0.3) is 5.56 Å². The molecule has 9 nitrogen and oxygen atoms in total. The Balaban J connectivity index is 1.38. The van der Waals surface area contributed by atoms with Crippen LogP contribution in [0.15, 0.2) is 71.8 Å². The predicted octanol–water partition coefficient (Wildman–Crippen LogP) is 3.91. The second kappa shape index (κ2) is 8.98. The van der Waals surface area contributed by atoms with E-state index in [1.165, 1.54) is 23.0 Å². The molecule has 0 unspecified atom stereocenters. The SMILES string of the molecule is COc1ccc(Cn2cnc3c4cc(F)ccc4n(CC(=O)Nc4ccc5c(c4)OCO5)c3c2=O)cc1. The molecule has 1 amide bonds. The summed E-state index contributed by atoms with van der Waals surface area (Å²) in [6.45, 7) is 0.217. The molecule has 0 atom stereocenters. The Morgan fingerprint density at radius 3 is 2.70 bits per heavy atom. The van der Waals surface area contributed by atoms with Crippen LogP contribution in [0.2, 0.25) is 0 Å². The predicted molar refractivity (Wildman–Crippen MR) is 135 cm³/mol. The minimum absolute atomic E-state index is 0.125. The Morgan fingerprint density at radius 1 is 1.08 bits per heavy atom. The summed E-state index contributed by atoms with van der Waals surface area (Å²) in [5.41, 5.74) is 2.14. The molecule has 0 fully saturated rings. The van der Waals surface area contributed by atoms with Gasteiger partial charge < -0.3 is 24.1 Å². The van der Waals surface area contributed by atoms with Crippen LogP contribution < -0.4 is 25.1 Å². The number of hydrogen-bond donors (Lipinski definition) is 1. The topological polar surface area (TPSA) is 96.6 Å². The highest BCUT2D eigenvalue weighted by molar-refractivity contribution is 6.06. The molecule has 2 aromatic heterocycles. The number of aromatic nitrogens is 3. The van der Waals surface area contributed by atoms with Gasteiger partial charge in [-0.3, -0.25) is 14.2 Å². The lowest BCUT2D eigenvalue weighted by molar-refractivity contribution is -0.116. The number of amides is 1. The highest BCUT2D eigenvalue weighted by atomic mass is 19.1. The van der Waals surface area contributed by atoms with Crippen molar-refractivity contribution in [3.63, 3.8) is 0 Å². The molecule has 0 saturated carbocycles. The summed E-state index contributed by atoms with van der Waals surface area (Å²) < 4.78 is 33.0. The molecule has 186 valence electrons. The average Bonchev–Trinajstić information content (AvgIpc) is 3.48. The fraction of sp³-hybridized carbons (Fsp3) is 0.148. The second-order valence-electron chi connectivity index (χ2n) is 8.59. The highest BCUT2D eigenvalue weighted by Crippen LogP contribution is 2.34. The smallest absolute Gasteiger partial charge is 0.278 e. The zero-order chi connectivity index (χ0) is 25.5. The number of benzene rings is 3. The van der Waals surface area contributed by atoms with E-state index >= 15 is 0 Å². The van der Waals surface area contributed by atoms with E-state index in [1.54, 1.807) is 35.9 Å². The van der Waals surface area contributed by atoms with Gasteiger partial charge in [0, 0.05) is 17.1 Å². The van der Waals surface area contributed by atoms with Gasteiger partial charge in [0.2, 0.25) is 12.7 Å².